The predicted molar refractivity (Wildman–Crippen MR) is 97.4 cm³/mol. The molecule has 0 aliphatic rings. The molecule has 0 fully saturated rings. The zero-order chi connectivity index (χ0) is 19.2. The monoisotopic (exact) mass is 371 g/mol. The number of methoxy groups -OCH3 is 1. The van der Waals surface area contributed by atoms with E-state index >= 15 is 0 Å². The number of nitro benzene ring substituents is 1. The van der Waals surface area contributed by atoms with Gasteiger partial charge in [-0.3, -0.25) is 14.9 Å². The summed E-state index contributed by atoms with van der Waals surface area (Å²) in [4.78, 5) is 26.8. The number of aromatic nitrogens is 1. The van der Waals surface area contributed by atoms with Gasteiger partial charge >= 0.3 is 0 Å². The first-order valence-electron chi connectivity index (χ1n) is 8.09. The van der Waals surface area contributed by atoms with E-state index in [0.717, 1.165) is 0 Å². The molecule has 1 N–H and O–H groups in total. The molecule has 0 saturated heterocycles. The van der Waals surface area contributed by atoms with Gasteiger partial charge in [0.2, 0.25) is 11.8 Å². The first-order chi connectivity index (χ1) is 13.1. The van der Waals surface area contributed by atoms with Crippen molar-refractivity contribution in [3.63, 3.8) is 0 Å². The quantitative estimate of drug-likeness (QED) is 0.367. The Balaban J connectivity index is 1.82. The Hall–Kier alpha value is -3.30. The average Bonchev–Trinajstić information content (AvgIpc) is 3.08. The van der Waals surface area contributed by atoms with E-state index in [-0.39, 0.29) is 24.1 Å². The van der Waals surface area contributed by atoms with Crippen molar-refractivity contribution in [1.29, 1.82) is 0 Å². The highest BCUT2D eigenvalue weighted by molar-refractivity contribution is 5.95. The SMILES string of the molecule is COCCOCC(=O)Nc1ccccc1-c1nc2ccc([N+](=O)[O-])cc2o1. The molecule has 1 aromatic heterocycles. The lowest BCUT2D eigenvalue weighted by Gasteiger charge is -2.09. The van der Waals surface area contributed by atoms with E-state index in [4.69, 9.17) is 13.9 Å². The number of rotatable bonds is 8. The minimum absolute atomic E-state index is 0.0833. The maximum absolute atomic E-state index is 12.0. The summed E-state index contributed by atoms with van der Waals surface area (Å²) in [5, 5.41) is 13.6. The van der Waals surface area contributed by atoms with E-state index in [1.807, 2.05) is 0 Å². The standard InChI is InChI=1S/C18H17N3O6/c1-25-8-9-26-11-17(22)19-14-5-3-2-4-13(14)18-20-15-7-6-12(21(23)24)10-16(15)27-18/h2-7,10H,8-9,11H2,1H3,(H,19,22). The molecule has 1 amide bonds. The number of benzene rings is 2. The van der Waals surface area contributed by atoms with Crippen molar-refractivity contribution in [2.24, 2.45) is 0 Å². The Morgan fingerprint density at radius 2 is 2.07 bits per heavy atom. The highest BCUT2D eigenvalue weighted by atomic mass is 16.6. The number of nitrogens with zero attached hydrogens (tertiary/aromatic N) is 2. The highest BCUT2D eigenvalue weighted by Crippen LogP contribution is 2.31. The van der Waals surface area contributed by atoms with Gasteiger partial charge in [0, 0.05) is 13.2 Å². The molecule has 0 spiro atoms. The van der Waals surface area contributed by atoms with Gasteiger partial charge in [-0.2, -0.15) is 0 Å². The van der Waals surface area contributed by atoms with E-state index in [0.29, 0.717) is 35.6 Å². The van der Waals surface area contributed by atoms with Crippen LogP contribution in [-0.4, -0.2) is 42.7 Å². The molecule has 0 radical (unpaired) electrons. The number of carbonyl (C=O) groups excluding carboxylic acids is 1. The fourth-order valence-electron chi connectivity index (χ4n) is 2.41. The van der Waals surface area contributed by atoms with E-state index in [1.165, 1.54) is 18.2 Å². The number of hydrogen-bond acceptors (Lipinski definition) is 7. The molecule has 27 heavy (non-hydrogen) atoms. The molecular weight excluding hydrogens is 354 g/mol. The molecule has 140 valence electrons. The topological polar surface area (TPSA) is 117 Å². The summed E-state index contributed by atoms with van der Waals surface area (Å²) in [7, 11) is 1.55. The average molecular weight is 371 g/mol. The van der Waals surface area contributed by atoms with Gasteiger partial charge in [0.05, 0.1) is 35.5 Å². The fraction of sp³-hybridized carbons (Fsp3) is 0.222. The van der Waals surface area contributed by atoms with Gasteiger partial charge in [0.25, 0.3) is 5.69 Å². The fourth-order valence-corrected chi connectivity index (χ4v) is 2.41. The van der Waals surface area contributed by atoms with Crippen LogP contribution in [0.2, 0.25) is 0 Å². The highest BCUT2D eigenvalue weighted by Gasteiger charge is 2.16. The molecule has 0 aliphatic carbocycles. The number of hydrogen-bond donors (Lipinski definition) is 1. The van der Waals surface area contributed by atoms with Crippen LogP contribution in [0.5, 0.6) is 0 Å². The molecule has 9 heteroatoms. The molecule has 0 unspecified atom stereocenters. The largest absolute Gasteiger partial charge is 0.436 e. The third kappa shape index (κ3) is 4.46. The van der Waals surface area contributed by atoms with Gasteiger partial charge in [-0.25, -0.2) is 4.98 Å². The molecule has 0 aliphatic heterocycles. The van der Waals surface area contributed by atoms with Crippen LogP contribution in [0.3, 0.4) is 0 Å². The lowest BCUT2D eigenvalue weighted by Crippen LogP contribution is -2.20. The van der Waals surface area contributed by atoms with Gasteiger partial charge in [0.15, 0.2) is 5.58 Å². The summed E-state index contributed by atoms with van der Waals surface area (Å²) in [6.07, 6.45) is 0. The molecule has 1 heterocycles. The van der Waals surface area contributed by atoms with E-state index < -0.39 is 4.92 Å². The first kappa shape index (κ1) is 18.5. The molecule has 2 aromatic carbocycles. The van der Waals surface area contributed by atoms with E-state index in [9.17, 15) is 14.9 Å². The number of non-ortho nitro benzene ring substituents is 1. The van der Waals surface area contributed by atoms with Crippen LogP contribution in [0.25, 0.3) is 22.6 Å². The number of carbonyl (C=O) groups is 1. The molecule has 3 rings (SSSR count). The van der Waals surface area contributed by atoms with E-state index in [2.05, 4.69) is 10.3 Å². The summed E-state index contributed by atoms with van der Waals surface area (Å²) in [6, 6.07) is 11.2. The third-order valence-electron chi connectivity index (χ3n) is 3.68. The van der Waals surface area contributed by atoms with Gasteiger partial charge in [-0.05, 0) is 18.2 Å². The molecule has 9 nitrogen and oxygen atoms in total. The lowest BCUT2D eigenvalue weighted by atomic mass is 10.1. The lowest BCUT2D eigenvalue weighted by molar-refractivity contribution is -0.384. The number of oxazole rings is 1. The summed E-state index contributed by atoms with van der Waals surface area (Å²) in [5.41, 5.74) is 1.75. The number of fused-ring (bicyclic) bond motifs is 1. The van der Waals surface area contributed by atoms with Crippen LogP contribution in [0.1, 0.15) is 0 Å². The Morgan fingerprint density at radius 1 is 1.26 bits per heavy atom. The van der Waals surface area contributed by atoms with Crippen molar-refractivity contribution in [3.8, 4) is 11.5 Å². The molecule has 0 atom stereocenters. The van der Waals surface area contributed by atoms with Crippen LogP contribution in [-0.2, 0) is 14.3 Å². The smallest absolute Gasteiger partial charge is 0.273 e. The van der Waals surface area contributed by atoms with Crippen molar-refractivity contribution in [2.75, 3.05) is 32.2 Å². The van der Waals surface area contributed by atoms with Crippen molar-refractivity contribution >= 4 is 28.4 Å². The Bertz CT molecular complexity index is 969. The number of para-hydroxylation sites is 1. The number of nitro groups is 1. The van der Waals surface area contributed by atoms with Gasteiger partial charge in [-0.15, -0.1) is 0 Å². The minimum atomic E-state index is -0.501. The molecule has 0 bridgehead atoms. The van der Waals surface area contributed by atoms with Crippen LogP contribution in [0, 0.1) is 10.1 Å². The summed E-state index contributed by atoms with van der Waals surface area (Å²) in [5.74, 6) is -0.0769. The molecule has 3 aromatic rings. The number of ether oxygens (including phenoxy) is 2. The van der Waals surface area contributed by atoms with Crippen LogP contribution >= 0.6 is 0 Å². The summed E-state index contributed by atoms with van der Waals surface area (Å²) >= 11 is 0. The van der Waals surface area contributed by atoms with Crippen molar-refractivity contribution in [2.45, 2.75) is 0 Å². The number of amides is 1. The third-order valence-corrected chi connectivity index (χ3v) is 3.68. The van der Waals surface area contributed by atoms with Crippen molar-refractivity contribution in [3.05, 3.63) is 52.6 Å². The van der Waals surface area contributed by atoms with Crippen LogP contribution in [0.4, 0.5) is 11.4 Å². The summed E-state index contributed by atoms with van der Waals surface area (Å²) in [6.45, 7) is 0.603. The second-order valence-electron chi connectivity index (χ2n) is 5.57. The Labute approximate surface area is 154 Å². The zero-order valence-corrected chi connectivity index (χ0v) is 14.5. The van der Waals surface area contributed by atoms with Gasteiger partial charge in [-0.1, -0.05) is 12.1 Å². The predicted octanol–water partition coefficient (Wildman–Crippen LogP) is 3.00. The number of anilines is 1. The summed E-state index contributed by atoms with van der Waals surface area (Å²) < 4.78 is 15.7. The van der Waals surface area contributed by atoms with Crippen molar-refractivity contribution < 1.29 is 23.6 Å². The van der Waals surface area contributed by atoms with Gasteiger partial charge < -0.3 is 19.2 Å². The second kappa shape index (κ2) is 8.39. The van der Waals surface area contributed by atoms with E-state index in [1.54, 1.807) is 31.4 Å². The minimum Gasteiger partial charge on any atom is -0.436 e. The molecule has 0 saturated carbocycles. The van der Waals surface area contributed by atoms with Crippen LogP contribution in [0.15, 0.2) is 46.9 Å². The zero-order valence-electron chi connectivity index (χ0n) is 14.5. The normalized spacial score (nSPS) is 10.9. The van der Waals surface area contributed by atoms with Crippen LogP contribution < -0.4 is 5.32 Å². The Kier molecular flexibility index (Phi) is 5.74. The maximum atomic E-state index is 12.0. The second-order valence-corrected chi connectivity index (χ2v) is 5.57. The number of nitrogens with one attached hydrogen (secondary N) is 1. The van der Waals surface area contributed by atoms with Gasteiger partial charge in [0.1, 0.15) is 12.1 Å². The molecular formula is C18H17N3O6. The first-order valence-corrected chi connectivity index (χ1v) is 8.09. The maximum Gasteiger partial charge on any atom is 0.273 e. The Morgan fingerprint density at radius 3 is 2.85 bits per heavy atom. The van der Waals surface area contributed by atoms with Crippen molar-refractivity contribution in [1.82, 2.24) is 4.98 Å².